The first-order chi connectivity index (χ1) is 17.8. The molecule has 3 heteroatoms. The van der Waals surface area contributed by atoms with E-state index in [4.69, 9.17) is 0 Å². The van der Waals surface area contributed by atoms with Gasteiger partial charge in [0.1, 0.15) is 0 Å². The van der Waals surface area contributed by atoms with Crippen molar-refractivity contribution in [2.24, 2.45) is 0 Å². The number of thiophene rings is 1. The zero-order chi connectivity index (χ0) is 23.6. The summed E-state index contributed by atoms with van der Waals surface area (Å²) in [4.78, 5) is 4.43. The molecule has 36 heavy (non-hydrogen) atoms. The molecule has 0 N–H and O–H groups in total. The van der Waals surface area contributed by atoms with Crippen LogP contribution in [0.4, 0.5) is 0 Å². The first-order valence-electron chi connectivity index (χ1n) is 12.1. The van der Waals surface area contributed by atoms with Crippen molar-refractivity contribution < 1.29 is 0 Å². The predicted molar refractivity (Wildman–Crippen MR) is 154 cm³/mol. The van der Waals surface area contributed by atoms with E-state index in [9.17, 15) is 0 Å². The van der Waals surface area contributed by atoms with Crippen molar-refractivity contribution in [2.45, 2.75) is 0 Å². The van der Waals surface area contributed by atoms with Crippen LogP contribution in [0, 0.1) is 0 Å². The van der Waals surface area contributed by atoms with E-state index in [1.165, 1.54) is 63.9 Å². The largest absolute Gasteiger partial charge is 0.317 e. The van der Waals surface area contributed by atoms with E-state index >= 15 is 0 Å². The van der Waals surface area contributed by atoms with Gasteiger partial charge >= 0.3 is 0 Å². The monoisotopic (exact) mass is 476 g/mol. The Morgan fingerprint density at radius 3 is 2.39 bits per heavy atom. The molecule has 3 aromatic heterocycles. The molecule has 0 unspecified atom stereocenters. The van der Waals surface area contributed by atoms with Crippen molar-refractivity contribution in [1.29, 1.82) is 0 Å². The second-order valence-corrected chi connectivity index (χ2v) is 10.3. The molecule has 168 valence electrons. The topological polar surface area (TPSA) is 17.8 Å². The summed E-state index contributed by atoms with van der Waals surface area (Å²) >= 11 is 1.90. The van der Waals surface area contributed by atoms with Gasteiger partial charge in [-0.25, -0.2) is 0 Å². The normalized spacial score (nSPS) is 11.9. The Morgan fingerprint density at radius 1 is 0.639 bits per heavy atom. The minimum absolute atomic E-state index is 1.15. The molecule has 0 bridgehead atoms. The Balaban J connectivity index is 1.57. The fraction of sp³-hybridized carbons (Fsp3) is 0. The van der Waals surface area contributed by atoms with Gasteiger partial charge in [0.2, 0.25) is 0 Å². The van der Waals surface area contributed by atoms with Crippen LogP contribution in [0.5, 0.6) is 0 Å². The smallest absolute Gasteiger partial charge is 0.0535 e. The minimum atomic E-state index is 1.15. The number of rotatable bonds is 2. The van der Waals surface area contributed by atoms with E-state index in [2.05, 4.69) is 113 Å². The molecule has 8 rings (SSSR count). The van der Waals surface area contributed by atoms with E-state index < -0.39 is 0 Å². The number of hydrogen-bond acceptors (Lipinski definition) is 2. The molecule has 0 atom stereocenters. The molecule has 0 saturated heterocycles. The molecular formula is C33H20N2S. The minimum Gasteiger partial charge on any atom is -0.317 e. The molecule has 0 aliphatic rings. The van der Waals surface area contributed by atoms with E-state index in [1.54, 1.807) is 0 Å². The Morgan fingerprint density at radius 2 is 1.50 bits per heavy atom. The van der Waals surface area contributed by atoms with Crippen LogP contribution in [0.2, 0.25) is 0 Å². The summed E-state index contributed by atoms with van der Waals surface area (Å²) < 4.78 is 4.97. The van der Waals surface area contributed by atoms with Crippen LogP contribution in [-0.2, 0) is 0 Å². The van der Waals surface area contributed by atoms with Gasteiger partial charge in [-0.15, -0.1) is 11.3 Å². The maximum atomic E-state index is 4.43. The number of nitrogens with zero attached hydrogens (tertiary/aromatic N) is 2. The van der Waals surface area contributed by atoms with E-state index in [0.29, 0.717) is 0 Å². The lowest BCUT2D eigenvalue weighted by Crippen LogP contribution is -1.91. The highest BCUT2D eigenvalue weighted by molar-refractivity contribution is 7.26. The summed E-state index contributed by atoms with van der Waals surface area (Å²) in [6.07, 6.45) is 5.99. The Bertz CT molecular complexity index is 2080. The number of para-hydroxylation sites is 1. The third-order valence-corrected chi connectivity index (χ3v) is 8.48. The van der Waals surface area contributed by atoms with Gasteiger partial charge in [0.15, 0.2) is 0 Å². The van der Waals surface area contributed by atoms with Crippen LogP contribution in [0.1, 0.15) is 0 Å². The van der Waals surface area contributed by atoms with Crippen LogP contribution in [-0.4, -0.2) is 9.55 Å². The molecule has 5 aromatic carbocycles. The molecule has 0 amide bonds. The number of hydrogen-bond donors (Lipinski definition) is 0. The number of benzene rings is 5. The zero-order valence-corrected chi connectivity index (χ0v) is 20.2. The number of pyridine rings is 1. The summed E-state index contributed by atoms with van der Waals surface area (Å²) in [6.45, 7) is 0. The van der Waals surface area contributed by atoms with Crippen molar-refractivity contribution in [3.63, 3.8) is 0 Å². The van der Waals surface area contributed by atoms with Crippen LogP contribution in [0.25, 0.3) is 69.4 Å². The summed E-state index contributed by atoms with van der Waals surface area (Å²) in [7, 11) is 0. The maximum Gasteiger partial charge on any atom is 0.0535 e. The van der Waals surface area contributed by atoms with Crippen LogP contribution in [0.15, 0.2) is 122 Å². The van der Waals surface area contributed by atoms with Crippen molar-refractivity contribution in [3.8, 4) is 16.8 Å². The van der Waals surface area contributed by atoms with Gasteiger partial charge in [-0.05, 0) is 70.3 Å². The molecule has 2 nitrogen and oxygen atoms in total. The third kappa shape index (κ3) is 2.81. The molecule has 3 heterocycles. The average Bonchev–Trinajstić information content (AvgIpc) is 3.53. The molecule has 0 fully saturated rings. The van der Waals surface area contributed by atoms with Gasteiger partial charge in [0, 0.05) is 60.8 Å². The van der Waals surface area contributed by atoms with Gasteiger partial charge in [0.25, 0.3) is 0 Å². The van der Waals surface area contributed by atoms with Gasteiger partial charge < -0.3 is 4.57 Å². The molecule has 0 aliphatic carbocycles. The fourth-order valence-electron chi connectivity index (χ4n) is 5.62. The quantitative estimate of drug-likeness (QED) is 0.227. The SMILES string of the molecule is c1ccc(-n2ccc3cc4cc(-c5cccnc5)c5ccc6c7ccccc7sc6c5c4cc32)cc1. The first kappa shape index (κ1) is 19.8. The fourth-order valence-corrected chi connectivity index (χ4v) is 6.89. The van der Waals surface area contributed by atoms with Crippen LogP contribution in [0.3, 0.4) is 0 Å². The van der Waals surface area contributed by atoms with E-state index in [1.807, 2.05) is 29.8 Å². The second kappa shape index (κ2) is 7.51. The molecular weight excluding hydrogens is 456 g/mol. The molecule has 0 saturated carbocycles. The first-order valence-corrected chi connectivity index (χ1v) is 12.9. The lowest BCUT2D eigenvalue weighted by molar-refractivity contribution is 1.13. The van der Waals surface area contributed by atoms with E-state index in [-0.39, 0.29) is 0 Å². The van der Waals surface area contributed by atoms with Crippen molar-refractivity contribution >= 4 is 64.0 Å². The van der Waals surface area contributed by atoms with Crippen LogP contribution >= 0.6 is 11.3 Å². The van der Waals surface area contributed by atoms with Crippen molar-refractivity contribution in [1.82, 2.24) is 9.55 Å². The summed E-state index contributed by atoms with van der Waals surface area (Å²) in [6, 6.07) is 37.4. The molecule has 0 radical (unpaired) electrons. The standard InChI is InChI=1S/C33H20N2S/c1-2-8-24(9-3-1)35-16-14-21-17-23-18-28(22-7-6-15-34-20-22)26-12-13-27-25-10-4-5-11-31(25)36-33(27)32(26)29(23)19-30(21)35/h1-20H. The lowest BCUT2D eigenvalue weighted by atomic mass is 9.92. The zero-order valence-electron chi connectivity index (χ0n) is 19.3. The second-order valence-electron chi connectivity index (χ2n) is 9.28. The number of aromatic nitrogens is 2. The summed E-state index contributed by atoms with van der Waals surface area (Å²) in [5, 5.41) is 9.04. The Kier molecular flexibility index (Phi) is 4.13. The summed E-state index contributed by atoms with van der Waals surface area (Å²) in [5.74, 6) is 0. The number of fused-ring (bicyclic) bond motifs is 8. The summed E-state index contributed by atoms with van der Waals surface area (Å²) in [5.41, 5.74) is 4.77. The van der Waals surface area contributed by atoms with Crippen molar-refractivity contribution in [2.75, 3.05) is 0 Å². The van der Waals surface area contributed by atoms with Gasteiger partial charge in [-0.1, -0.05) is 54.6 Å². The Labute approximate surface area is 211 Å². The Hall–Kier alpha value is -4.47. The average molecular weight is 477 g/mol. The predicted octanol–water partition coefficient (Wildman–Crippen LogP) is 9.37. The highest BCUT2D eigenvalue weighted by Crippen LogP contribution is 2.45. The van der Waals surface area contributed by atoms with Gasteiger partial charge in [0.05, 0.1) is 5.52 Å². The molecule has 0 spiro atoms. The lowest BCUT2D eigenvalue weighted by Gasteiger charge is -2.13. The van der Waals surface area contributed by atoms with Crippen molar-refractivity contribution in [3.05, 3.63) is 122 Å². The van der Waals surface area contributed by atoms with Gasteiger partial charge in [-0.2, -0.15) is 0 Å². The van der Waals surface area contributed by atoms with E-state index in [0.717, 1.165) is 5.56 Å². The van der Waals surface area contributed by atoms with Crippen LogP contribution < -0.4 is 0 Å². The molecule has 8 aromatic rings. The highest BCUT2D eigenvalue weighted by atomic mass is 32.1. The highest BCUT2D eigenvalue weighted by Gasteiger charge is 2.16. The maximum absolute atomic E-state index is 4.43. The third-order valence-electron chi connectivity index (χ3n) is 7.27. The molecule has 0 aliphatic heterocycles. The van der Waals surface area contributed by atoms with Gasteiger partial charge in [-0.3, -0.25) is 4.98 Å².